The van der Waals surface area contributed by atoms with Gasteiger partial charge in [0.25, 0.3) is 0 Å². The molecule has 0 aromatic rings. The lowest BCUT2D eigenvalue weighted by molar-refractivity contribution is -0.302. The zero-order valence-corrected chi connectivity index (χ0v) is 50.3. The molecule has 452 valence electrons. The SMILES string of the molecule is CC/C=C\C/C=C\C/C=C\C/C=C\C/C=C\C/C=C\C/C=C\CCCCCC(=O)NC(COC1OC(CO)C(O)C(O)C1O)C(O)/C=C/CC/C=C/CC/C=C/CCCCCCCCCCCCCCCCCCCCCCC. The average Bonchev–Trinajstić information content (AvgIpc) is 3.47. The van der Waals surface area contributed by atoms with Crippen molar-refractivity contribution in [3.63, 3.8) is 0 Å². The first-order chi connectivity index (χ1) is 38.8. The normalized spacial score (nSPS) is 19.4. The van der Waals surface area contributed by atoms with Crippen LogP contribution in [0.15, 0.2) is 122 Å². The number of nitrogens with one attached hydrogen (secondary N) is 1. The monoisotopic (exact) mass is 1100 g/mol. The van der Waals surface area contributed by atoms with Gasteiger partial charge in [0.1, 0.15) is 24.4 Å². The van der Waals surface area contributed by atoms with Gasteiger partial charge in [-0.15, -0.1) is 0 Å². The quantitative estimate of drug-likeness (QED) is 0.0261. The van der Waals surface area contributed by atoms with Crippen LogP contribution in [0.2, 0.25) is 0 Å². The second kappa shape index (κ2) is 57.8. The second-order valence-corrected chi connectivity index (χ2v) is 21.8. The van der Waals surface area contributed by atoms with E-state index in [0.717, 1.165) is 89.9 Å². The molecular formula is C70H119NO8. The Kier molecular flexibility index (Phi) is 53.9. The molecule has 1 fully saturated rings. The number of amides is 1. The van der Waals surface area contributed by atoms with Gasteiger partial charge in [-0.25, -0.2) is 0 Å². The summed E-state index contributed by atoms with van der Waals surface area (Å²) in [5.41, 5.74) is 0. The minimum atomic E-state index is -1.59. The van der Waals surface area contributed by atoms with Crippen LogP contribution in [0.1, 0.15) is 258 Å². The highest BCUT2D eigenvalue weighted by Crippen LogP contribution is 2.23. The molecule has 9 heteroatoms. The van der Waals surface area contributed by atoms with Crippen LogP contribution in [0.5, 0.6) is 0 Å². The fourth-order valence-electron chi connectivity index (χ4n) is 9.46. The van der Waals surface area contributed by atoms with Crippen molar-refractivity contribution in [3.05, 3.63) is 122 Å². The number of allylic oxidation sites excluding steroid dienone is 19. The smallest absolute Gasteiger partial charge is 0.220 e. The number of aliphatic hydroxyl groups excluding tert-OH is 5. The zero-order valence-electron chi connectivity index (χ0n) is 50.3. The lowest BCUT2D eigenvalue weighted by Gasteiger charge is -2.40. The summed E-state index contributed by atoms with van der Waals surface area (Å²) < 4.78 is 11.3. The van der Waals surface area contributed by atoms with Gasteiger partial charge >= 0.3 is 0 Å². The molecule has 0 saturated carbocycles. The molecule has 1 saturated heterocycles. The Morgan fingerprint density at radius 3 is 1.22 bits per heavy atom. The molecule has 7 unspecified atom stereocenters. The minimum Gasteiger partial charge on any atom is -0.394 e. The van der Waals surface area contributed by atoms with Gasteiger partial charge in [0, 0.05) is 6.42 Å². The molecule has 79 heavy (non-hydrogen) atoms. The van der Waals surface area contributed by atoms with E-state index >= 15 is 0 Å². The van der Waals surface area contributed by atoms with E-state index in [1.54, 1.807) is 6.08 Å². The predicted octanol–water partition coefficient (Wildman–Crippen LogP) is 17.1. The fraction of sp³-hybridized carbons (Fsp3) is 0.700. The van der Waals surface area contributed by atoms with Crippen molar-refractivity contribution < 1.29 is 39.8 Å². The van der Waals surface area contributed by atoms with E-state index < -0.39 is 49.5 Å². The van der Waals surface area contributed by atoms with Gasteiger partial charge in [-0.2, -0.15) is 0 Å². The molecule has 1 rings (SSSR count). The van der Waals surface area contributed by atoms with Gasteiger partial charge in [0.2, 0.25) is 5.91 Å². The van der Waals surface area contributed by atoms with Crippen LogP contribution < -0.4 is 5.32 Å². The molecule has 7 atom stereocenters. The second-order valence-electron chi connectivity index (χ2n) is 21.8. The number of ether oxygens (including phenoxy) is 2. The number of carbonyl (C=O) groups is 1. The van der Waals surface area contributed by atoms with Gasteiger partial charge in [0.15, 0.2) is 6.29 Å². The maximum Gasteiger partial charge on any atom is 0.220 e. The van der Waals surface area contributed by atoms with Crippen molar-refractivity contribution in [1.82, 2.24) is 5.32 Å². The van der Waals surface area contributed by atoms with Crippen LogP contribution in [-0.4, -0.2) is 87.5 Å². The van der Waals surface area contributed by atoms with Crippen LogP contribution in [0.25, 0.3) is 0 Å². The molecule has 0 aromatic carbocycles. The van der Waals surface area contributed by atoms with E-state index in [4.69, 9.17) is 9.47 Å². The number of unbranched alkanes of at least 4 members (excludes halogenated alkanes) is 26. The highest BCUT2D eigenvalue weighted by Gasteiger charge is 2.44. The molecule has 0 bridgehead atoms. The summed E-state index contributed by atoms with van der Waals surface area (Å²) in [6.07, 6.45) is 80.0. The van der Waals surface area contributed by atoms with Crippen molar-refractivity contribution >= 4 is 5.91 Å². The van der Waals surface area contributed by atoms with Crippen molar-refractivity contribution in [3.8, 4) is 0 Å². The summed E-state index contributed by atoms with van der Waals surface area (Å²) >= 11 is 0. The Morgan fingerprint density at radius 1 is 0.443 bits per heavy atom. The van der Waals surface area contributed by atoms with Gasteiger partial charge in [-0.3, -0.25) is 4.79 Å². The van der Waals surface area contributed by atoms with Crippen molar-refractivity contribution in [2.45, 2.75) is 301 Å². The lowest BCUT2D eigenvalue weighted by atomic mass is 9.99. The molecular weight excluding hydrogens is 983 g/mol. The standard InChI is InChI=1S/C70H119NO8/c1-3-5-7-9-11-13-15-17-19-21-23-25-27-29-30-31-32-33-34-36-37-39-41-43-45-47-49-51-53-55-57-59-64(73)63(62-78-70-69(77)68(76)67(75)65(61-72)79-70)71-66(74)60-58-56-54-52-50-48-46-44-42-40-38-35-28-26-24-22-20-18-16-14-12-10-8-6-4-2/h6,8,12,14,18,20,24,26,35,38,41-44,48-51,57,59,63-65,67-70,72-73,75-77H,3-5,7,9-11,13,15-17,19,21-23,25,27-34,36-37,39-40,45-47,52-56,58,60-62H2,1-2H3,(H,71,74)/b8-6-,14-12-,20-18-,26-24-,38-35-,43-41+,44-42-,50-48-,51-49+,59-57+. The van der Waals surface area contributed by atoms with Crippen molar-refractivity contribution in [1.29, 1.82) is 0 Å². The molecule has 0 aliphatic carbocycles. The summed E-state index contributed by atoms with van der Waals surface area (Å²) in [4.78, 5) is 13.1. The van der Waals surface area contributed by atoms with E-state index in [-0.39, 0.29) is 18.9 Å². The molecule has 1 heterocycles. The summed E-state index contributed by atoms with van der Waals surface area (Å²) in [6.45, 7) is 3.63. The van der Waals surface area contributed by atoms with Crippen LogP contribution in [0, 0.1) is 0 Å². The Hall–Kier alpha value is -3.41. The Labute approximate surface area is 484 Å². The fourth-order valence-corrected chi connectivity index (χ4v) is 9.46. The molecule has 1 aliphatic heterocycles. The third kappa shape index (κ3) is 46.9. The van der Waals surface area contributed by atoms with E-state index in [0.29, 0.717) is 12.8 Å². The minimum absolute atomic E-state index is 0.226. The number of hydrogen-bond donors (Lipinski definition) is 6. The Balaban J connectivity index is 2.25. The average molecular weight is 1100 g/mol. The Bertz CT molecular complexity index is 1660. The van der Waals surface area contributed by atoms with Crippen LogP contribution in [0.3, 0.4) is 0 Å². The van der Waals surface area contributed by atoms with Crippen molar-refractivity contribution in [2.24, 2.45) is 0 Å². The van der Waals surface area contributed by atoms with Gasteiger partial charge in [0.05, 0.1) is 25.4 Å². The molecule has 9 nitrogen and oxygen atoms in total. The van der Waals surface area contributed by atoms with E-state index in [2.05, 4.69) is 129 Å². The van der Waals surface area contributed by atoms with Crippen molar-refractivity contribution in [2.75, 3.05) is 13.2 Å². The zero-order chi connectivity index (χ0) is 57.2. The number of aliphatic hydroxyl groups is 5. The first-order valence-electron chi connectivity index (χ1n) is 32.3. The molecule has 0 aromatic heterocycles. The van der Waals surface area contributed by atoms with Gasteiger partial charge in [-0.05, 0) is 103 Å². The third-order valence-corrected chi connectivity index (χ3v) is 14.5. The summed E-state index contributed by atoms with van der Waals surface area (Å²) in [5.74, 6) is -0.226. The number of hydrogen-bond acceptors (Lipinski definition) is 8. The van der Waals surface area contributed by atoms with E-state index in [1.807, 2.05) is 6.08 Å². The maximum absolute atomic E-state index is 13.1. The first-order valence-corrected chi connectivity index (χ1v) is 32.3. The summed E-state index contributed by atoms with van der Waals surface area (Å²) in [6, 6.07) is -0.857. The van der Waals surface area contributed by atoms with Crippen LogP contribution in [-0.2, 0) is 14.3 Å². The van der Waals surface area contributed by atoms with Crippen LogP contribution in [0.4, 0.5) is 0 Å². The third-order valence-electron chi connectivity index (χ3n) is 14.5. The molecule has 1 aliphatic rings. The lowest BCUT2D eigenvalue weighted by Crippen LogP contribution is -2.60. The van der Waals surface area contributed by atoms with E-state index in [1.165, 1.54) is 135 Å². The first kappa shape index (κ1) is 73.6. The summed E-state index contributed by atoms with van der Waals surface area (Å²) in [7, 11) is 0. The topological polar surface area (TPSA) is 149 Å². The van der Waals surface area contributed by atoms with Gasteiger partial charge in [-0.1, -0.05) is 270 Å². The molecule has 1 amide bonds. The Morgan fingerprint density at radius 2 is 0.797 bits per heavy atom. The maximum atomic E-state index is 13.1. The van der Waals surface area contributed by atoms with Crippen LogP contribution >= 0.6 is 0 Å². The predicted molar refractivity (Wildman–Crippen MR) is 336 cm³/mol. The molecule has 6 N–H and O–H groups in total. The van der Waals surface area contributed by atoms with Gasteiger partial charge < -0.3 is 40.3 Å². The summed E-state index contributed by atoms with van der Waals surface area (Å²) in [5, 5.41) is 54.6. The highest BCUT2D eigenvalue weighted by molar-refractivity contribution is 5.76. The number of carbonyl (C=O) groups excluding carboxylic acids is 1. The highest BCUT2D eigenvalue weighted by atomic mass is 16.7. The molecule has 0 radical (unpaired) electrons. The largest absolute Gasteiger partial charge is 0.394 e. The van der Waals surface area contributed by atoms with E-state index in [9.17, 15) is 30.3 Å². The molecule has 0 spiro atoms. The number of rotatable bonds is 54.